The number of hydrogen-bond acceptors (Lipinski definition) is 6. The van der Waals surface area contributed by atoms with Crippen molar-refractivity contribution >= 4 is 40.3 Å². The largest absolute Gasteiger partial charge is 0.493 e. The molecule has 0 saturated carbocycles. The van der Waals surface area contributed by atoms with Crippen LogP contribution in [-0.4, -0.2) is 30.6 Å². The predicted octanol–water partition coefficient (Wildman–Crippen LogP) is 4.37. The smallest absolute Gasteiger partial charge is 0.263 e. The van der Waals surface area contributed by atoms with E-state index in [1.165, 1.54) is 11.8 Å². The van der Waals surface area contributed by atoms with Crippen LogP contribution in [-0.2, 0) is 11.2 Å². The first-order valence-corrected chi connectivity index (χ1v) is 10.2. The van der Waals surface area contributed by atoms with Gasteiger partial charge in [0.15, 0.2) is 11.5 Å². The molecule has 0 unspecified atom stereocenters. The maximum absolute atomic E-state index is 11.8. The summed E-state index contributed by atoms with van der Waals surface area (Å²) in [6.45, 7) is 4.49. The normalized spacial score (nSPS) is 14.6. The van der Waals surface area contributed by atoms with Gasteiger partial charge < -0.3 is 19.5 Å². The lowest BCUT2D eigenvalue weighted by atomic mass is 10.1. The van der Waals surface area contributed by atoms with E-state index in [1.807, 2.05) is 48.5 Å². The lowest BCUT2D eigenvalue weighted by Gasteiger charge is -2.12. The Morgan fingerprint density at radius 3 is 2.69 bits per heavy atom. The Morgan fingerprint density at radius 2 is 1.97 bits per heavy atom. The van der Waals surface area contributed by atoms with Crippen molar-refractivity contribution in [1.29, 1.82) is 0 Å². The van der Waals surface area contributed by atoms with Gasteiger partial charge in [0.2, 0.25) is 0 Å². The van der Waals surface area contributed by atoms with Crippen molar-refractivity contribution in [1.82, 2.24) is 5.32 Å². The summed E-state index contributed by atoms with van der Waals surface area (Å²) in [5.41, 5.74) is 1.98. The van der Waals surface area contributed by atoms with Crippen molar-refractivity contribution in [2.45, 2.75) is 6.42 Å². The van der Waals surface area contributed by atoms with Gasteiger partial charge in [0.1, 0.15) is 23.3 Å². The lowest BCUT2D eigenvalue weighted by molar-refractivity contribution is -0.115. The van der Waals surface area contributed by atoms with Gasteiger partial charge in [0, 0.05) is 0 Å². The zero-order valence-corrected chi connectivity index (χ0v) is 17.6. The van der Waals surface area contributed by atoms with Crippen LogP contribution in [0.1, 0.15) is 11.1 Å². The van der Waals surface area contributed by atoms with E-state index in [2.05, 4.69) is 11.9 Å². The number of allylic oxidation sites excluding steroid dienone is 1. The molecule has 29 heavy (non-hydrogen) atoms. The molecule has 1 N–H and O–H groups in total. The van der Waals surface area contributed by atoms with E-state index in [0.29, 0.717) is 39.7 Å². The number of amides is 1. The summed E-state index contributed by atoms with van der Waals surface area (Å²) in [6, 6.07) is 13.3. The van der Waals surface area contributed by atoms with Gasteiger partial charge in [0.25, 0.3) is 5.91 Å². The number of rotatable bonds is 9. The maximum Gasteiger partial charge on any atom is 0.263 e. The van der Waals surface area contributed by atoms with E-state index in [4.69, 9.17) is 26.4 Å². The van der Waals surface area contributed by atoms with Crippen molar-refractivity contribution in [3.05, 3.63) is 71.2 Å². The van der Waals surface area contributed by atoms with E-state index >= 15 is 0 Å². The predicted molar refractivity (Wildman–Crippen MR) is 121 cm³/mol. The molecule has 150 valence electrons. The van der Waals surface area contributed by atoms with Crippen LogP contribution in [0.4, 0.5) is 0 Å². The average molecular weight is 428 g/mol. The van der Waals surface area contributed by atoms with E-state index in [0.717, 1.165) is 17.5 Å². The molecule has 7 heteroatoms. The summed E-state index contributed by atoms with van der Waals surface area (Å²) < 4.78 is 17.4. The summed E-state index contributed by atoms with van der Waals surface area (Å²) in [5, 5.41) is 2.60. The van der Waals surface area contributed by atoms with Crippen molar-refractivity contribution in [3.8, 4) is 17.2 Å². The molecule has 0 radical (unpaired) electrons. The number of thiocarbonyl (C=S) groups is 1. The summed E-state index contributed by atoms with van der Waals surface area (Å²) in [6.07, 6.45) is 4.41. The summed E-state index contributed by atoms with van der Waals surface area (Å²) >= 11 is 6.26. The Bertz CT molecular complexity index is 956. The molecule has 1 amide bonds. The van der Waals surface area contributed by atoms with Gasteiger partial charge in [0.05, 0.1) is 12.0 Å². The quantitative estimate of drug-likeness (QED) is 0.278. The molecule has 1 aliphatic rings. The highest BCUT2D eigenvalue weighted by molar-refractivity contribution is 8.26. The fourth-order valence-corrected chi connectivity index (χ4v) is 3.75. The molecular weight excluding hydrogens is 406 g/mol. The monoisotopic (exact) mass is 427 g/mol. The summed E-state index contributed by atoms with van der Waals surface area (Å²) in [5.74, 6) is 1.88. The molecule has 3 rings (SSSR count). The van der Waals surface area contributed by atoms with Crippen LogP contribution in [0.15, 0.2) is 60.0 Å². The zero-order chi connectivity index (χ0) is 20.6. The summed E-state index contributed by atoms with van der Waals surface area (Å²) in [4.78, 5) is 12.4. The first-order chi connectivity index (χ1) is 14.1. The van der Waals surface area contributed by atoms with Gasteiger partial charge in [-0.1, -0.05) is 48.3 Å². The first-order valence-electron chi connectivity index (χ1n) is 8.97. The van der Waals surface area contributed by atoms with Crippen LogP contribution in [0.2, 0.25) is 0 Å². The number of ether oxygens (including phenoxy) is 3. The molecule has 0 bridgehead atoms. The highest BCUT2D eigenvalue weighted by Gasteiger charge is 2.21. The van der Waals surface area contributed by atoms with Crippen LogP contribution in [0.3, 0.4) is 0 Å². The molecule has 0 aliphatic carbocycles. The minimum absolute atomic E-state index is 0.173. The third-order valence-electron chi connectivity index (χ3n) is 4.02. The zero-order valence-electron chi connectivity index (χ0n) is 16.0. The minimum atomic E-state index is -0.173. The van der Waals surface area contributed by atoms with Gasteiger partial charge >= 0.3 is 0 Å². The van der Waals surface area contributed by atoms with Gasteiger partial charge in [-0.2, -0.15) is 0 Å². The summed E-state index contributed by atoms with van der Waals surface area (Å²) in [7, 11) is 1.62. The van der Waals surface area contributed by atoms with Gasteiger partial charge in [-0.05, 0) is 47.9 Å². The molecule has 0 spiro atoms. The molecular formula is C22H21NO4S2. The Kier molecular flexibility index (Phi) is 7.32. The highest BCUT2D eigenvalue weighted by atomic mass is 32.2. The Labute approximate surface area is 179 Å². The van der Waals surface area contributed by atoms with E-state index in [1.54, 1.807) is 13.2 Å². The number of nitrogens with one attached hydrogen (secondary N) is 1. The molecule has 1 aliphatic heterocycles. The fourth-order valence-electron chi connectivity index (χ4n) is 2.70. The molecule has 0 aromatic heterocycles. The van der Waals surface area contributed by atoms with Crippen molar-refractivity contribution in [2.75, 3.05) is 20.3 Å². The molecule has 2 aromatic rings. The molecule has 5 nitrogen and oxygen atoms in total. The lowest BCUT2D eigenvalue weighted by Crippen LogP contribution is -2.17. The second-order valence-electron chi connectivity index (χ2n) is 6.10. The Balaban J connectivity index is 1.55. The second kappa shape index (κ2) is 10.1. The van der Waals surface area contributed by atoms with Crippen molar-refractivity contribution in [2.24, 2.45) is 0 Å². The van der Waals surface area contributed by atoms with E-state index < -0.39 is 0 Å². The van der Waals surface area contributed by atoms with Crippen molar-refractivity contribution < 1.29 is 19.0 Å². The standard InChI is InChI=1S/C22H21NO4S2/c1-3-5-15-8-9-18(19(13-15)25-2)27-11-10-26-17-7-4-6-16(12-17)14-20-21(24)23-22(28)29-20/h3-4,6-9,12-14H,1,5,10-11H2,2H3,(H,23,24,28)/b20-14+. The van der Waals surface area contributed by atoms with Crippen LogP contribution in [0.25, 0.3) is 6.08 Å². The number of thioether (sulfide) groups is 1. The van der Waals surface area contributed by atoms with Gasteiger partial charge in [-0.3, -0.25) is 4.79 Å². The number of hydrogen-bond donors (Lipinski definition) is 1. The second-order valence-corrected chi connectivity index (χ2v) is 7.82. The number of benzene rings is 2. The van der Waals surface area contributed by atoms with Crippen molar-refractivity contribution in [3.63, 3.8) is 0 Å². The maximum atomic E-state index is 11.8. The molecule has 1 heterocycles. The molecule has 1 fully saturated rings. The first kappa shape index (κ1) is 21.0. The Hall–Kier alpha value is -2.77. The SMILES string of the molecule is C=CCc1ccc(OCCOc2cccc(/C=C3/SC(=S)NC3=O)c2)c(OC)c1. The van der Waals surface area contributed by atoms with Crippen LogP contribution < -0.4 is 19.5 Å². The fraction of sp³-hybridized carbons (Fsp3) is 0.182. The molecule has 2 aromatic carbocycles. The van der Waals surface area contributed by atoms with Crippen LogP contribution >= 0.6 is 24.0 Å². The van der Waals surface area contributed by atoms with Crippen LogP contribution in [0, 0.1) is 0 Å². The minimum Gasteiger partial charge on any atom is -0.493 e. The van der Waals surface area contributed by atoms with E-state index in [-0.39, 0.29) is 5.91 Å². The number of carbonyl (C=O) groups excluding carboxylic acids is 1. The number of methoxy groups -OCH3 is 1. The third-order valence-corrected chi connectivity index (χ3v) is 5.18. The molecule has 1 saturated heterocycles. The van der Waals surface area contributed by atoms with E-state index in [9.17, 15) is 4.79 Å². The topological polar surface area (TPSA) is 56.8 Å². The van der Waals surface area contributed by atoms with Gasteiger partial charge in [-0.15, -0.1) is 6.58 Å². The van der Waals surface area contributed by atoms with Crippen LogP contribution in [0.5, 0.6) is 17.2 Å². The average Bonchev–Trinajstić information content (AvgIpc) is 3.03. The third kappa shape index (κ3) is 5.85. The number of carbonyl (C=O) groups is 1. The van der Waals surface area contributed by atoms with Gasteiger partial charge in [-0.25, -0.2) is 0 Å². The highest BCUT2D eigenvalue weighted by Crippen LogP contribution is 2.29. The Morgan fingerprint density at radius 1 is 1.14 bits per heavy atom. The molecule has 0 atom stereocenters.